The highest BCUT2D eigenvalue weighted by molar-refractivity contribution is 6.30. The Morgan fingerprint density at radius 2 is 1.45 bits per heavy atom. The van der Waals surface area contributed by atoms with Crippen molar-refractivity contribution in [3.8, 4) is 0 Å². The standard InChI is InChI=1S/C28H28ClNO/c29-21-11-9-19(10-12-21)27(31)20-13-15-30(16-14-20)18-28-17-24(22-5-1-3-7-25(22)28)23-6-2-4-8-26(23)28/h1-12,20,24,27,31H,13-18H2/t24?,27-,28?/m0/s1. The van der Waals surface area contributed by atoms with E-state index in [1.807, 2.05) is 24.3 Å². The highest BCUT2D eigenvalue weighted by Crippen LogP contribution is 2.60. The molecule has 0 saturated carbocycles. The van der Waals surface area contributed by atoms with Gasteiger partial charge in [-0.25, -0.2) is 0 Å². The van der Waals surface area contributed by atoms with E-state index in [1.165, 1.54) is 17.5 Å². The first-order chi connectivity index (χ1) is 15.2. The molecule has 6 rings (SSSR count). The molecular formula is C28H28ClNO. The summed E-state index contributed by atoms with van der Waals surface area (Å²) in [5.74, 6) is 0.867. The summed E-state index contributed by atoms with van der Waals surface area (Å²) in [7, 11) is 0. The topological polar surface area (TPSA) is 23.5 Å². The zero-order valence-corrected chi connectivity index (χ0v) is 18.4. The first-order valence-corrected chi connectivity index (χ1v) is 11.9. The molecule has 0 spiro atoms. The van der Waals surface area contributed by atoms with Gasteiger partial charge in [0.05, 0.1) is 6.10 Å². The number of rotatable bonds is 4. The number of piperidine rings is 1. The molecule has 0 aromatic heterocycles. The second-order valence-electron chi connectivity index (χ2n) is 9.62. The van der Waals surface area contributed by atoms with Crippen LogP contribution < -0.4 is 0 Å². The molecule has 31 heavy (non-hydrogen) atoms. The second-order valence-corrected chi connectivity index (χ2v) is 10.1. The van der Waals surface area contributed by atoms with Crippen molar-refractivity contribution in [2.24, 2.45) is 5.92 Å². The molecule has 2 nitrogen and oxygen atoms in total. The third kappa shape index (κ3) is 3.08. The van der Waals surface area contributed by atoms with E-state index >= 15 is 0 Å². The zero-order valence-electron chi connectivity index (χ0n) is 17.7. The van der Waals surface area contributed by atoms with Gasteiger partial charge in [0.15, 0.2) is 0 Å². The van der Waals surface area contributed by atoms with Gasteiger partial charge in [-0.15, -0.1) is 0 Å². The van der Waals surface area contributed by atoms with Crippen LogP contribution in [-0.2, 0) is 5.41 Å². The maximum Gasteiger partial charge on any atom is 0.0819 e. The zero-order chi connectivity index (χ0) is 21.0. The highest BCUT2D eigenvalue weighted by Gasteiger charge is 2.53. The normalized spacial score (nSPS) is 25.9. The van der Waals surface area contributed by atoms with E-state index in [-0.39, 0.29) is 5.41 Å². The molecule has 3 heteroatoms. The van der Waals surface area contributed by atoms with Gasteiger partial charge in [0.1, 0.15) is 0 Å². The number of hydrogen-bond acceptors (Lipinski definition) is 2. The lowest BCUT2D eigenvalue weighted by atomic mass is 9.74. The maximum atomic E-state index is 10.9. The number of aliphatic hydroxyl groups excluding tert-OH is 1. The molecule has 3 aromatic carbocycles. The SMILES string of the molecule is O[C@@H](c1ccc(Cl)cc1)C1CCN(CC23CC(c4ccccc42)c2ccccc23)CC1. The lowest BCUT2D eigenvalue weighted by Crippen LogP contribution is -2.44. The fourth-order valence-electron chi connectivity index (χ4n) is 6.55. The van der Waals surface area contributed by atoms with Gasteiger partial charge in [0.25, 0.3) is 0 Å². The lowest BCUT2D eigenvalue weighted by Gasteiger charge is -2.40. The number of hydrogen-bond donors (Lipinski definition) is 1. The van der Waals surface area contributed by atoms with Crippen LogP contribution >= 0.6 is 11.6 Å². The van der Waals surface area contributed by atoms with Crippen LogP contribution in [-0.4, -0.2) is 29.6 Å². The summed E-state index contributed by atoms with van der Waals surface area (Å²) >= 11 is 6.02. The van der Waals surface area contributed by atoms with Crippen molar-refractivity contribution in [3.63, 3.8) is 0 Å². The van der Waals surface area contributed by atoms with Gasteiger partial charge in [-0.05, 0) is 78.2 Å². The third-order valence-electron chi connectivity index (χ3n) is 8.04. The van der Waals surface area contributed by atoms with Gasteiger partial charge < -0.3 is 10.0 Å². The summed E-state index contributed by atoms with van der Waals surface area (Å²) in [5.41, 5.74) is 7.27. The molecule has 1 saturated heterocycles. The Balaban J connectivity index is 1.21. The minimum atomic E-state index is -0.402. The van der Waals surface area contributed by atoms with Gasteiger partial charge in [-0.3, -0.25) is 0 Å². The Morgan fingerprint density at radius 1 is 0.871 bits per heavy atom. The van der Waals surface area contributed by atoms with E-state index in [2.05, 4.69) is 53.4 Å². The molecule has 1 atom stereocenters. The predicted octanol–water partition coefficient (Wildman–Crippen LogP) is 5.92. The number of nitrogens with zero attached hydrogens (tertiary/aromatic N) is 1. The Morgan fingerprint density at radius 3 is 2.06 bits per heavy atom. The minimum Gasteiger partial charge on any atom is -0.388 e. The Bertz CT molecular complexity index is 1050. The summed E-state index contributed by atoms with van der Waals surface area (Å²) in [6.45, 7) is 3.18. The van der Waals surface area contributed by atoms with Crippen molar-refractivity contribution < 1.29 is 5.11 Å². The van der Waals surface area contributed by atoms with Crippen LogP contribution in [0.5, 0.6) is 0 Å². The number of aliphatic hydroxyl groups is 1. The highest BCUT2D eigenvalue weighted by atomic mass is 35.5. The van der Waals surface area contributed by atoms with E-state index in [4.69, 9.17) is 11.6 Å². The molecule has 2 aliphatic carbocycles. The summed E-state index contributed by atoms with van der Waals surface area (Å²) < 4.78 is 0. The summed E-state index contributed by atoms with van der Waals surface area (Å²) in [5, 5.41) is 11.6. The second kappa shape index (κ2) is 7.48. The third-order valence-corrected chi connectivity index (χ3v) is 8.29. The van der Waals surface area contributed by atoms with Crippen molar-refractivity contribution in [2.75, 3.05) is 19.6 Å². The molecule has 158 valence electrons. The van der Waals surface area contributed by atoms with E-state index in [0.717, 1.165) is 43.1 Å². The van der Waals surface area contributed by atoms with Crippen molar-refractivity contribution in [1.29, 1.82) is 0 Å². The maximum absolute atomic E-state index is 10.9. The number of likely N-dealkylation sites (tertiary alicyclic amines) is 1. The largest absolute Gasteiger partial charge is 0.388 e. The monoisotopic (exact) mass is 429 g/mol. The van der Waals surface area contributed by atoms with Crippen molar-refractivity contribution in [1.82, 2.24) is 4.90 Å². The molecule has 1 aliphatic heterocycles. The van der Waals surface area contributed by atoms with Crippen LogP contribution in [0.2, 0.25) is 5.02 Å². The first-order valence-electron chi connectivity index (χ1n) is 11.5. The van der Waals surface area contributed by atoms with Gasteiger partial charge in [-0.2, -0.15) is 0 Å². The van der Waals surface area contributed by atoms with Crippen molar-refractivity contribution in [3.05, 3.63) is 106 Å². The molecule has 0 unspecified atom stereocenters. The fourth-order valence-corrected chi connectivity index (χ4v) is 6.68. The Labute approximate surface area is 189 Å². The average Bonchev–Trinajstić information content (AvgIpc) is 3.32. The molecule has 1 heterocycles. The summed E-state index contributed by atoms with van der Waals surface area (Å²) in [4.78, 5) is 2.65. The summed E-state index contributed by atoms with van der Waals surface area (Å²) in [6.07, 6.45) is 2.87. The Hall–Kier alpha value is -2.13. The van der Waals surface area contributed by atoms with Crippen LogP contribution in [0.1, 0.15) is 59.1 Å². The van der Waals surface area contributed by atoms with Gasteiger partial charge in [-0.1, -0.05) is 72.3 Å². The predicted molar refractivity (Wildman–Crippen MR) is 126 cm³/mol. The molecule has 2 bridgehead atoms. The number of benzene rings is 3. The van der Waals surface area contributed by atoms with Crippen molar-refractivity contribution in [2.45, 2.75) is 36.7 Å². The molecule has 0 radical (unpaired) electrons. The van der Waals surface area contributed by atoms with Crippen LogP contribution in [0, 0.1) is 5.92 Å². The van der Waals surface area contributed by atoms with E-state index in [1.54, 1.807) is 11.1 Å². The number of halogens is 1. The summed E-state index contributed by atoms with van der Waals surface area (Å²) in [6, 6.07) is 25.9. The van der Waals surface area contributed by atoms with Gasteiger partial charge in [0.2, 0.25) is 0 Å². The molecule has 1 N–H and O–H groups in total. The van der Waals surface area contributed by atoms with E-state index in [0.29, 0.717) is 11.8 Å². The van der Waals surface area contributed by atoms with Crippen LogP contribution in [0.15, 0.2) is 72.8 Å². The first kappa shape index (κ1) is 19.5. The molecule has 3 aromatic rings. The minimum absolute atomic E-state index is 0.124. The lowest BCUT2D eigenvalue weighted by molar-refractivity contribution is 0.0540. The van der Waals surface area contributed by atoms with Crippen LogP contribution in [0.25, 0.3) is 0 Å². The molecular weight excluding hydrogens is 402 g/mol. The molecule has 1 fully saturated rings. The number of fused-ring (bicyclic) bond motifs is 8. The smallest absolute Gasteiger partial charge is 0.0819 e. The van der Waals surface area contributed by atoms with E-state index < -0.39 is 6.10 Å². The van der Waals surface area contributed by atoms with Crippen LogP contribution in [0.3, 0.4) is 0 Å². The van der Waals surface area contributed by atoms with Crippen LogP contribution in [0.4, 0.5) is 0 Å². The van der Waals surface area contributed by atoms with E-state index in [9.17, 15) is 5.11 Å². The molecule has 3 aliphatic rings. The Kier molecular flexibility index (Phi) is 4.72. The molecule has 0 amide bonds. The van der Waals surface area contributed by atoms with Crippen molar-refractivity contribution >= 4 is 11.6 Å². The van der Waals surface area contributed by atoms with Gasteiger partial charge >= 0.3 is 0 Å². The van der Waals surface area contributed by atoms with Gasteiger partial charge in [0, 0.05) is 22.9 Å². The fraction of sp³-hybridized carbons (Fsp3) is 0.357. The quantitative estimate of drug-likeness (QED) is 0.556. The average molecular weight is 430 g/mol.